The molecule has 0 radical (unpaired) electrons. The number of carboxylic acids is 1. The van der Waals surface area contributed by atoms with E-state index >= 15 is 0 Å². The van der Waals surface area contributed by atoms with E-state index in [1.165, 1.54) is 88.2 Å². The molecule has 44 heavy (non-hydrogen) atoms. The summed E-state index contributed by atoms with van der Waals surface area (Å²) in [6, 6.07) is 21.7. The zero-order valence-electron chi connectivity index (χ0n) is 25.4. The van der Waals surface area contributed by atoms with Crippen LogP contribution in [0.1, 0.15) is 98.5 Å². The number of nitrogens with two attached hydrogens (primary N) is 1. The van der Waals surface area contributed by atoms with Crippen LogP contribution in [-0.2, 0) is 10.8 Å². The summed E-state index contributed by atoms with van der Waals surface area (Å²) in [6.45, 7) is 0. The topological polar surface area (TPSA) is 92.8 Å². The van der Waals surface area contributed by atoms with Crippen molar-refractivity contribution >= 4 is 11.7 Å². The third-order valence-electron chi connectivity index (χ3n) is 13.7. The Kier molecular flexibility index (Phi) is 5.53. The van der Waals surface area contributed by atoms with E-state index in [4.69, 9.17) is 10.5 Å². The van der Waals surface area contributed by atoms with Gasteiger partial charge in [0.05, 0.1) is 5.69 Å². The van der Waals surface area contributed by atoms with Crippen molar-refractivity contribution in [3.63, 3.8) is 0 Å². The number of benzene rings is 3. The van der Waals surface area contributed by atoms with E-state index in [1.807, 2.05) is 12.1 Å². The first-order valence-electron chi connectivity index (χ1n) is 16.9. The maximum Gasteiger partial charge on any atom is 0.339 e. The number of carboxylic acid groups (broad SMARTS) is 1. The quantitative estimate of drug-likeness (QED) is 0.197. The molecule has 0 aliphatic heterocycles. The van der Waals surface area contributed by atoms with Crippen LogP contribution in [0.4, 0.5) is 5.69 Å². The number of ether oxygens (including phenoxy) is 1. The number of rotatable bonds is 6. The molecule has 8 aliphatic carbocycles. The minimum atomic E-state index is -0.976. The number of para-hydroxylation sites is 1. The van der Waals surface area contributed by atoms with Crippen molar-refractivity contribution in [3.8, 4) is 17.2 Å². The Labute approximate surface area is 259 Å². The van der Waals surface area contributed by atoms with Crippen molar-refractivity contribution in [2.75, 3.05) is 5.73 Å². The number of aromatic carboxylic acids is 1. The average molecular weight is 590 g/mol. The Morgan fingerprint density at radius 3 is 1.77 bits per heavy atom. The first kappa shape index (κ1) is 26.9. The molecule has 5 nitrogen and oxygen atoms in total. The van der Waals surface area contributed by atoms with Crippen LogP contribution in [0, 0.1) is 34.5 Å². The Morgan fingerprint density at radius 1 is 0.705 bits per heavy atom. The molecule has 8 fully saturated rings. The molecule has 0 spiro atoms. The van der Waals surface area contributed by atoms with Crippen molar-refractivity contribution in [2.45, 2.75) is 87.9 Å². The lowest BCUT2D eigenvalue weighted by Crippen LogP contribution is -2.66. The van der Waals surface area contributed by atoms with Gasteiger partial charge in [-0.15, -0.1) is 0 Å². The molecule has 3 aromatic rings. The molecule has 4 N–H and O–H groups in total. The van der Waals surface area contributed by atoms with Gasteiger partial charge in [-0.2, -0.15) is 0 Å². The first-order valence-corrected chi connectivity index (χ1v) is 16.9. The van der Waals surface area contributed by atoms with Gasteiger partial charge in [0.25, 0.3) is 0 Å². The molecule has 4 unspecified atom stereocenters. The van der Waals surface area contributed by atoms with Crippen molar-refractivity contribution in [1.82, 2.24) is 0 Å². The molecule has 3 aromatic carbocycles. The van der Waals surface area contributed by atoms with E-state index in [0.29, 0.717) is 28.0 Å². The predicted molar refractivity (Wildman–Crippen MR) is 170 cm³/mol. The number of aromatic hydroxyl groups is 1. The highest BCUT2D eigenvalue weighted by Gasteiger charge is 2.70. The Morgan fingerprint density at radius 2 is 1.23 bits per heavy atom. The molecule has 8 aliphatic rings. The van der Waals surface area contributed by atoms with Crippen LogP contribution in [-0.4, -0.2) is 16.2 Å². The molecule has 5 heteroatoms. The molecule has 0 amide bonds. The molecule has 11 rings (SSSR count). The second-order valence-electron chi connectivity index (χ2n) is 16.2. The van der Waals surface area contributed by atoms with E-state index in [0.717, 1.165) is 23.7 Å². The van der Waals surface area contributed by atoms with Gasteiger partial charge in [-0.1, -0.05) is 30.3 Å². The molecule has 0 heterocycles. The van der Waals surface area contributed by atoms with Gasteiger partial charge in [-0.25, -0.2) is 4.79 Å². The molecule has 8 bridgehead atoms. The normalized spacial score (nSPS) is 39.5. The maximum atomic E-state index is 11.7. The van der Waals surface area contributed by atoms with E-state index < -0.39 is 5.97 Å². The summed E-state index contributed by atoms with van der Waals surface area (Å²) in [5.74, 6) is 3.53. The highest BCUT2D eigenvalue weighted by atomic mass is 16.5. The van der Waals surface area contributed by atoms with Gasteiger partial charge in [0.1, 0.15) is 22.8 Å². The van der Waals surface area contributed by atoms with Gasteiger partial charge < -0.3 is 20.7 Å². The summed E-state index contributed by atoms with van der Waals surface area (Å²) in [4.78, 5) is 11.7. The fraction of sp³-hybridized carbons (Fsp3) is 0.513. The van der Waals surface area contributed by atoms with Crippen molar-refractivity contribution in [2.24, 2.45) is 34.5 Å². The average Bonchev–Trinajstić information content (AvgIpc) is 2.98. The van der Waals surface area contributed by atoms with E-state index in [-0.39, 0.29) is 22.1 Å². The molecule has 8 saturated carbocycles. The SMILES string of the molecule is Nc1cc(C23CC4CC(C2)CC(C25CC6CC(CC(c7ccc(Oc8ccccc8C(=O)O)cc7)(C6)C2)C5)(C4)C3)ccc1O. The zero-order chi connectivity index (χ0) is 29.9. The second-order valence-corrected chi connectivity index (χ2v) is 16.2. The zero-order valence-corrected chi connectivity index (χ0v) is 25.4. The third kappa shape index (κ3) is 3.80. The van der Waals surface area contributed by atoms with Crippen LogP contribution >= 0.6 is 0 Å². The van der Waals surface area contributed by atoms with Crippen LogP contribution in [0.15, 0.2) is 66.7 Å². The summed E-state index contributed by atoms with van der Waals surface area (Å²) in [5.41, 5.74) is 11.1. The number of hydrogen-bond acceptors (Lipinski definition) is 4. The van der Waals surface area contributed by atoms with Crippen LogP contribution < -0.4 is 10.5 Å². The lowest BCUT2D eigenvalue weighted by atomic mass is 9.30. The standard InChI is InChI=1S/C39H43NO4/c40-32-13-29(7-10-33(32)41)37-16-26-12-27(17-37)21-39(20-26,23-37)38-18-24-11-25(19-38)15-36(14-24,22-38)28-5-8-30(9-6-28)44-34-4-2-1-3-31(34)35(42)43/h1-10,13,24-27,41H,11-12,14-23,40H2,(H,42,43). The first-order chi connectivity index (χ1) is 21.2. The third-order valence-corrected chi connectivity index (χ3v) is 13.7. The van der Waals surface area contributed by atoms with Crippen LogP contribution in [0.2, 0.25) is 0 Å². The summed E-state index contributed by atoms with van der Waals surface area (Å²) < 4.78 is 6.09. The number of phenolic OH excluding ortho intramolecular Hbond substituents is 1. The Balaban J connectivity index is 1.05. The fourth-order valence-corrected chi connectivity index (χ4v) is 13.1. The lowest BCUT2D eigenvalue weighted by Gasteiger charge is -2.74. The Hall–Kier alpha value is -3.47. The molecule has 0 aromatic heterocycles. The maximum absolute atomic E-state index is 11.7. The van der Waals surface area contributed by atoms with E-state index in [2.05, 4.69) is 36.4 Å². The summed E-state index contributed by atoms with van der Waals surface area (Å²) >= 11 is 0. The van der Waals surface area contributed by atoms with Crippen molar-refractivity contribution < 1.29 is 19.7 Å². The van der Waals surface area contributed by atoms with Crippen LogP contribution in [0.25, 0.3) is 0 Å². The van der Waals surface area contributed by atoms with Gasteiger partial charge in [-0.3, -0.25) is 0 Å². The molecular weight excluding hydrogens is 546 g/mol. The van der Waals surface area contributed by atoms with Gasteiger partial charge in [0.2, 0.25) is 0 Å². The van der Waals surface area contributed by atoms with E-state index in [1.54, 1.807) is 18.2 Å². The van der Waals surface area contributed by atoms with Gasteiger partial charge >= 0.3 is 5.97 Å². The minimum absolute atomic E-state index is 0.183. The number of anilines is 1. The van der Waals surface area contributed by atoms with E-state index in [9.17, 15) is 15.0 Å². The van der Waals surface area contributed by atoms with Crippen molar-refractivity contribution in [1.29, 1.82) is 0 Å². The Bertz CT molecular complexity index is 1630. The van der Waals surface area contributed by atoms with Crippen molar-refractivity contribution in [3.05, 3.63) is 83.4 Å². The summed E-state index contributed by atoms with van der Waals surface area (Å²) in [7, 11) is 0. The molecular formula is C39H43NO4. The van der Waals surface area contributed by atoms with Gasteiger partial charge in [0.15, 0.2) is 0 Å². The van der Waals surface area contributed by atoms with Crippen LogP contribution in [0.3, 0.4) is 0 Å². The molecule has 0 saturated heterocycles. The fourth-order valence-electron chi connectivity index (χ4n) is 13.1. The largest absolute Gasteiger partial charge is 0.506 e. The smallest absolute Gasteiger partial charge is 0.339 e. The van der Waals surface area contributed by atoms with Gasteiger partial charge in [0, 0.05) is 0 Å². The molecule has 4 atom stereocenters. The monoisotopic (exact) mass is 589 g/mol. The van der Waals surface area contributed by atoms with Gasteiger partial charge in [-0.05, 0) is 170 Å². The number of carbonyl (C=O) groups is 1. The minimum Gasteiger partial charge on any atom is -0.506 e. The highest BCUT2D eigenvalue weighted by Crippen LogP contribution is 2.78. The number of phenols is 1. The molecule has 228 valence electrons. The number of hydrogen-bond donors (Lipinski definition) is 3. The highest BCUT2D eigenvalue weighted by molar-refractivity contribution is 5.90. The second kappa shape index (κ2) is 9.05. The predicted octanol–water partition coefficient (Wildman–Crippen LogP) is 8.84. The number of nitrogen functional groups attached to an aromatic ring is 1. The lowest BCUT2D eigenvalue weighted by molar-refractivity contribution is -0.212. The summed E-state index contributed by atoms with van der Waals surface area (Å²) in [5, 5.41) is 19.8. The summed E-state index contributed by atoms with van der Waals surface area (Å²) in [6.07, 6.45) is 16.2. The van der Waals surface area contributed by atoms with Crippen LogP contribution in [0.5, 0.6) is 17.2 Å².